The van der Waals surface area contributed by atoms with Gasteiger partial charge in [-0.15, -0.1) is 0 Å². The average molecular weight is 328 g/mol. The van der Waals surface area contributed by atoms with Crippen LogP contribution in [-0.4, -0.2) is 31.3 Å². The van der Waals surface area contributed by atoms with E-state index in [2.05, 4.69) is 10.6 Å². The predicted octanol–water partition coefficient (Wildman–Crippen LogP) is 2.44. The second-order valence-corrected chi connectivity index (χ2v) is 5.85. The Morgan fingerprint density at radius 2 is 1.88 bits per heavy atom. The zero-order chi connectivity index (χ0) is 17.4. The molecular weight excluding hydrogens is 304 g/mol. The number of methoxy groups -OCH3 is 1. The Balaban J connectivity index is 1.75. The van der Waals surface area contributed by atoms with Gasteiger partial charge < -0.3 is 20.5 Å². The molecule has 0 aliphatic carbocycles. The number of carbonyl (C=O) groups excluding carboxylic acids is 1. The lowest BCUT2D eigenvalue weighted by Gasteiger charge is -2.24. The molecule has 5 nitrogen and oxygen atoms in total. The number of aliphatic hydroxyl groups is 1. The maximum atomic E-state index is 11.9. The van der Waals surface area contributed by atoms with E-state index < -0.39 is 5.60 Å². The molecule has 0 bridgehead atoms. The molecule has 0 saturated heterocycles. The van der Waals surface area contributed by atoms with Gasteiger partial charge in [0, 0.05) is 6.54 Å². The van der Waals surface area contributed by atoms with Gasteiger partial charge in [-0.1, -0.05) is 42.5 Å². The topological polar surface area (TPSA) is 70.6 Å². The minimum absolute atomic E-state index is 0.141. The number of amides is 2. The first-order valence-corrected chi connectivity index (χ1v) is 7.94. The average Bonchev–Trinajstić information content (AvgIpc) is 2.61. The number of rotatable bonds is 7. The summed E-state index contributed by atoms with van der Waals surface area (Å²) >= 11 is 0. The standard InChI is InChI=1S/C19H24N2O3/c1-19(23,16-8-4-3-5-9-16)14-21-18(22)20-12-11-15-7-6-10-17(13-15)24-2/h3-10,13,23H,11-12,14H2,1-2H3,(H2,20,21,22). The Kier molecular flexibility index (Phi) is 6.21. The van der Waals surface area contributed by atoms with Crippen LogP contribution in [-0.2, 0) is 12.0 Å². The smallest absolute Gasteiger partial charge is 0.314 e. The monoisotopic (exact) mass is 328 g/mol. The number of nitrogens with one attached hydrogen (secondary N) is 2. The second-order valence-electron chi connectivity index (χ2n) is 5.85. The van der Waals surface area contributed by atoms with Crippen LogP contribution >= 0.6 is 0 Å². The highest BCUT2D eigenvalue weighted by molar-refractivity contribution is 5.73. The molecule has 1 unspecified atom stereocenters. The Bertz CT molecular complexity index is 657. The van der Waals surface area contributed by atoms with E-state index in [0.29, 0.717) is 13.0 Å². The van der Waals surface area contributed by atoms with Crippen molar-refractivity contribution in [1.29, 1.82) is 0 Å². The first-order chi connectivity index (χ1) is 11.5. The van der Waals surface area contributed by atoms with Crippen LogP contribution in [0.5, 0.6) is 5.75 Å². The van der Waals surface area contributed by atoms with Crippen molar-refractivity contribution in [3.63, 3.8) is 0 Å². The fourth-order valence-corrected chi connectivity index (χ4v) is 2.36. The van der Waals surface area contributed by atoms with Gasteiger partial charge in [0.25, 0.3) is 0 Å². The van der Waals surface area contributed by atoms with E-state index in [9.17, 15) is 9.90 Å². The van der Waals surface area contributed by atoms with Gasteiger partial charge in [-0.3, -0.25) is 0 Å². The Morgan fingerprint density at radius 1 is 1.12 bits per heavy atom. The number of benzene rings is 2. The first kappa shape index (κ1) is 17.8. The van der Waals surface area contributed by atoms with E-state index in [1.54, 1.807) is 14.0 Å². The zero-order valence-electron chi connectivity index (χ0n) is 14.1. The molecule has 0 aliphatic rings. The van der Waals surface area contributed by atoms with Crippen molar-refractivity contribution in [2.45, 2.75) is 18.9 Å². The summed E-state index contributed by atoms with van der Waals surface area (Å²) in [6.45, 7) is 2.33. The first-order valence-electron chi connectivity index (χ1n) is 7.94. The molecule has 0 heterocycles. The van der Waals surface area contributed by atoms with Gasteiger partial charge in [0.1, 0.15) is 11.4 Å². The lowest BCUT2D eigenvalue weighted by Crippen LogP contribution is -2.43. The van der Waals surface area contributed by atoms with Crippen LogP contribution < -0.4 is 15.4 Å². The highest BCUT2D eigenvalue weighted by atomic mass is 16.5. The van der Waals surface area contributed by atoms with Crippen molar-refractivity contribution in [1.82, 2.24) is 10.6 Å². The summed E-state index contributed by atoms with van der Waals surface area (Å²) < 4.78 is 5.17. The molecule has 0 spiro atoms. The highest BCUT2D eigenvalue weighted by Gasteiger charge is 2.23. The molecule has 1 atom stereocenters. The fraction of sp³-hybridized carbons (Fsp3) is 0.316. The number of hydrogen-bond acceptors (Lipinski definition) is 3. The summed E-state index contributed by atoms with van der Waals surface area (Å²) in [6.07, 6.45) is 0.708. The van der Waals surface area contributed by atoms with Crippen LogP contribution in [0.2, 0.25) is 0 Å². The third-order valence-corrected chi connectivity index (χ3v) is 3.82. The quantitative estimate of drug-likeness (QED) is 0.731. The van der Waals surface area contributed by atoms with Crippen LogP contribution in [0.15, 0.2) is 54.6 Å². The molecule has 24 heavy (non-hydrogen) atoms. The predicted molar refractivity (Wildman–Crippen MR) is 94.1 cm³/mol. The van der Waals surface area contributed by atoms with E-state index in [1.807, 2.05) is 54.6 Å². The lowest BCUT2D eigenvalue weighted by molar-refractivity contribution is 0.0594. The van der Waals surface area contributed by atoms with Crippen molar-refractivity contribution < 1.29 is 14.6 Å². The largest absolute Gasteiger partial charge is 0.497 e. The fourth-order valence-electron chi connectivity index (χ4n) is 2.36. The van der Waals surface area contributed by atoms with E-state index in [1.165, 1.54) is 0 Å². The van der Waals surface area contributed by atoms with Crippen molar-refractivity contribution in [3.8, 4) is 5.75 Å². The molecule has 0 aromatic heterocycles. The van der Waals surface area contributed by atoms with Gasteiger partial charge in [-0.25, -0.2) is 4.79 Å². The maximum absolute atomic E-state index is 11.9. The molecule has 0 saturated carbocycles. The molecule has 2 aromatic rings. The highest BCUT2D eigenvalue weighted by Crippen LogP contribution is 2.18. The number of hydrogen-bond donors (Lipinski definition) is 3. The van der Waals surface area contributed by atoms with Gasteiger partial charge in [0.15, 0.2) is 0 Å². The summed E-state index contributed by atoms with van der Waals surface area (Å²) in [5.74, 6) is 0.802. The Hall–Kier alpha value is -2.53. The second kappa shape index (κ2) is 8.36. The van der Waals surface area contributed by atoms with Crippen LogP contribution in [0.1, 0.15) is 18.1 Å². The molecule has 0 aliphatic heterocycles. The Morgan fingerprint density at radius 3 is 2.58 bits per heavy atom. The molecule has 2 rings (SSSR count). The lowest BCUT2D eigenvalue weighted by atomic mass is 9.96. The summed E-state index contributed by atoms with van der Waals surface area (Å²) in [5, 5.41) is 15.9. The van der Waals surface area contributed by atoms with Gasteiger partial charge in [0.2, 0.25) is 0 Å². The summed E-state index contributed by atoms with van der Waals surface area (Å²) in [4.78, 5) is 11.9. The molecule has 3 N–H and O–H groups in total. The van der Waals surface area contributed by atoms with E-state index in [4.69, 9.17) is 4.74 Å². The molecule has 0 fully saturated rings. The van der Waals surface area contributed by atoms with Gasteiger partial charge >= 0.3 is 6.03 Å². The molecule has 0 radical (unpaired) electrons. The van der Waals surface area contributed by atoms with Crippen LogP contribution in [0.4, 0.5) is 4.79 Å². The van der Waals surface area contributed by atoms with Crippen molar-refractivity contribution in [2.24, 2.45) is 0 Å². The van der Waals surface area contributed by atoms with Crippen molar-refractivity contribution in [2.75, 3.05) is 20.2 Å². The molecule has 128 valence electrons. The van der Waals surface area contributed by atoms with Crippen molar-refractivity contribution >= 4 is 6.03 Å². The molecular formula is C19H24N2O3. The molecule has 2 aromatic carbocycles. The minimum atomic E-state index is -1.11. The van der Waals surface area contributed by atoms with Gasteiger partial charge in [-0.05, 0) is 36.6 Å². The Labute approximate surface area is 142 Å². The maximum Gasteiger partial charge on any atom is 0.314 e. The third kappa shape index (κ3) is 5.28. The van der Waals surface area contributed by atoms with Gasteiger partial charge in [-0.2, -0.15) is 0 Å². The zero-order valence-corrected chi connectivity index (χ0v) is 14.1. The summed E-state index contributed by atoms with van der Waals surface area (Å²) in [7, 11) is 1.63. The van der Waals surface area contributed by atoms with Gasteiger partial charge in [0.05, 0.1) is 13.7 Å². The number of urea groups is 1. The normalized spacial score (nSPS) is 13.0. The third-order valence-electron chi connectivity index (χ3n) is 3.82. The SMILES string of the molecule is COc1cccc(CCNC(=O)NCC(C)(O)c2ccccc2)c1. The summed E-state index contributed by atoms with van der Waals surface area (Å²) in [6, 6.07) is 16.7. The van der Waals surface area contributed by atoms with Crippen LogP contribution in [0.3, 0.4) is 0 Å². The van der Waals surface area contributed by atoms with E-state index in [-0.39, 0.29) is 12.6 Å². The van der Waals surface area contributed by atoms with Crippen LogP contribution in [0, 0.1) is 0 Å². The van der Waals surface area contributed by atoms with Crippen LogP contribution in [0.25, 0.3) is 0 Å². The minimum Gasteiger partial charge on any atom is -0.497 e. The van der Waals surface area contributed by atoms with E-state index >= 15 is 0 Å². The molecule has 2 amide bonds. The number of ether oxygens (including phenoxy) is 1. The molecule has 5 heteroatoms. The summed E-state index contributed by atoms with van der Waals surface area (Å²) in [5.41, 5.74) is 0.749. The van der Waals surface area contributed by atoms with E-state index in [0.717, 1.165) is 16.9 Å². The number of carbonyl (C=O) groups is 1. The van der Waals surface area contributed by atoms with Crippen molar-refractivity contribution in [3.05, 3.63) is 65.7 Å².